The Labute approximate surface area is 137 Å². The lowest BCUT2D eigenvalue weighted by atomic mass is 9.92. The summed E-state index contributed by atoms with van der Waals surface area (Å²) in [5.74, 6) is -0.407. The zero-order valence-electron chi connectivity index (χ0n) is 14.5. The van der Waals surface area contributed by atoms with Gasteiger partial charge in [0.15, 0.2) is 9.84 Å². The van der Waals surface area contributed by atoms with Crippen LogP contribution in [0.5, 0.6) is 0 Å². The van der Waals surface area contributed by atoms with Crippen molar-refractivity contribution in [1.29, 1.82) is 0 Å². The van der Waals surface area contributed by atoms with E-state index in [4.69, 9.17) is 4.52 Å². The molecule has 1 N–H and O–H groups in total. The van der Waals surface area contributed by atoms with Crippen molar-refractivity contribution in [3.63, 3.8) is 0 Å². The normalized spacial score (nSPS) is 17.4. The van der Waals surface area contributed by atoms with Crippen LogP contribution in [0.4, 0.5) is 5.88 Å². The van der Waals surface area contributed by atoms with Gasteiger partial charge < -0.3 is 4.52 Å². The minimum Gasteiger partial charge on any atom is -0.338 e. The minimum atomic E-state index is -3.55. The first-order valence-corrected chi connectivity index (χ1v) is 9.53. The summed E-state index contributed by atoms with van der Waals surface area (Å²) in [5, 5.41) is 6.05. The van der Waals surface area contributed by atoms with E-state index >= 15 is 0 Å². The number of hydrogen-bond donors (Lipinski definition) is 1. The highest BCUT2D eigenvalue weighted by molar-refractivity contribution is 7.94. The van der Waals surface area contributed by atoms with Crippen molar-refractivity contribution in [2.75, 3.05) is 5.32 Å². The van der Waals surface area contributed by atoms with E-state index in [2.05, 4.69) is 10.5 Å². The van der Waals surface area contributed by atoms with E-state index in [0.29, 0.717) is 18.5 Å². The Morgan fingerprint density at radius 1 is 1.22 bits per heavy atom. The first kappa shape index (κ1) is 18.0. The van der Waals surface area contributed by atoms with E-state index in [-0.39, 0.29) is 11.3 Å². The molecule has 130 valence electrons. The topological polar surface area (TPSA) is 89.3 Å². The van der Waals surface area contributed by atoms with Gasteiger partial charge in [-0.05, 0) is 26.7 Å². The minimum absolute atomic E-state index is 0.176. The number of anilines is 1. The zero-order valence-corrected chi connectivity index (χ0v) is 15.3. The second kappa shape index (κ2) is 5.92. The Morgan fingerprint density at radius 2 is 1.78 bits per heavy atom. The summed E-state index contributed by atoms with van der Waals surface area (Å²) in [6, 6.07) is 1.64. The Hall–Kier alpha value is -1.37. The van der Waals surface area contributed by atoms with Crippen molar-refractivity contribution < 1.29 is 17.7 Å². The van der Waals surface area contributed by atoms with Crippen LogP contribution in [-0.4, -0.2) is 29.5 Å². The van der Waals surface area contributed by atoms with Gasteiger partial charge in [0.1, 0.15) is 4.75 Å². The first-order chi connectivity index (χ1) is 10.5. The summed E-state index contributed by atoms with van der Waals surface area (Å²) in [7, 11) is -3.55. The molecule has 0 spiro atoms. The van der Waals surface area contributed by atoms with Crippen LogP contribution in [0.15, 0.2) is 10.6 Å². The molecule has 1 aliphatic carbocycles. The Bertz CT molecular complexity index is 677. The molecular weight excluding hydrogens is 316 g/mol. The summed E-state index contributed by atoms with van der Waals surface area (Å²) in [6.45, 7) is 8.84. The van der Waals surface area contributed by atoms with Gasteiger partial charge in [-0.1, -0.05) is 38.8 Å². The van der Waals surface area contributed by atoms with Gasteiger partial charge in [-0.2, -0.15) is 0 Å². The highest BCUT2D eigenvalue weighted by Crippen LogP contribution is 2.33. The summed E-state index contributed by atoms with van der Waals surface area (Å²) >= 11 is 0. The average molecular weight is 342 g/mol. The van der Waals surface area contributed by atoms with Gasteiger partial charge in [-0.25, -0.2) is 8.42 Å². The Kier molecular flexibility index (Phi) is 4.63. The molecule has 6 nitrogen and oxygen atoms in total. The molecule has 0 bridgehead atoms. The van der Waals surface area contributed by atoms with Crippen molar-refractivity contribution in [2.45, 2.75) is 75.7 Å². The molecule has 1 fully saturated rings. The lowest BCUT2D eigenvalue weighted by molar-refractivity contribution is -0.118. The molecule has 1 aromatic rings. The standard InChI is InChI=1S/C16H26N2O4S/c1-15(2,3)12-10-13(22-18-12)17-14(19)16(4,5)23(20,21)11-8-6-7-9-11/h10-11H,6-9H2,1-5H3,(H,17,19). The molecule has 0 unspecified atom stereocenters. The number of nitrogens with zero attached hydrogens (tertiary/aromatic N) is 1. The van der Waals surface area contributed by atoms with Crippen LogP contribution >= 0.6 is 0 Å². The molecule has 0 saturated heterocycles. The zero-order chi connectivity index (χ0) is 17.5. The number of aromatic nitrogens is 1. The van der Waals surface area contributed by atoms with Crippen LogP contribution in [0.3, 0.4) is 0 Å². The van der Waals surface area contributed by atoms with Gasteiger partial charge in [-0.15, -0.1) is 0 Å². The van der Waals surface area contributed by atoms with Crippen molar-refractivity contribution in [3.05, 3.63) is 11.8 Å². The Morgan fingerprint density at radius 3 is 2.26 bits per heavy atom. The maximum atomic E-state index is 12.7. The second-order valence-electron chi connectivity index (χ2n) is 7.74. The molecule has 0 aliphatic heterocycles. The molecule has 1 amide bonds. The molecule has 0 aromatic carbocycles. The third kappa shape index (κ3) is 3.44. The van der Waals surface area contributed by atoms with Crippen LogP contribution in [0.1, 0.15) is 66.0 Å². The molecule has 0 atom stereocenters. The number of amides is 1. The van der Waals surface area contributed by atoms with Gasteiger partial charge in [0.05, 0.1) is 10.9 Å². The maximum absolute atomic E-state index is 12.7. The quantitative estimate of drug-likeness (QED) is 0.908. The highest BCUT2D eigenvalue weighted by Gasteiger charge is 2.47. The second-order valence-corrected chi connectivity index (χ2v) is 10.5. The van der Waals surface area contributed by atoms with Crippen molar-refractivity contribution in [2.24, 2.45) is 0 Å². The van der Waals surface area contributed by atoms with Crippen LogP contribution in [0, 0.1) is 0 Å². The summed E-state index contributed by atoms with van der Waals surface area (Å²) in [5.41, 5.74) is 0.488. The van der Waals surface area contributed by atoms with Crippen LogP contribution in [-0.2, 0) is 20.0 Å². The molecule has 2 rings (SSSR count). The first-order valence-electron chi connectivity index (χ1n) is 7.98. The number of sulfone groups is 1. The highest BCUT2D eigenvalue weighted by atomic mass is 32.2. The fourth-order valence-corrected chi connectivity index (χ4v) is 4.79. The third-order valence-electron chi connectivity index (χ3n) is 4.51. The average Bonchev–Trinajstić information content (AvgIpc) is 3.08. The molecule has 1 saturated carbocycles. The van der Waals surface area contributed by atoms with Crippen LogP contribution in [0.2, 0.25) is 0 Å². The number of carbonyl (C=O) groups is 1. The van der Waals surface area contributed by atoms with Gasteiger partial charge in [0.2, 0.25) is 11.8 Å². The van der Waals surface area contributed by atoms with E-state index in [1.54, 1.807) is 6.07 Å². The SMILES string of the molecule is CC(C)(C)c1cc(NC(=O)C(C)(C)S(=O)(=O)C2CCCC2)on1. The number of carbonyl (C=O) groups excluding carboxylic acids is 1. The largest absolute Gasteiger partial charge is 0.338 e. The maximum Gasteiger partial charge on any atom is 0.247 e. The Balaban J connectivity index is 2.17. The van der Waals surface area contributed by atoms with E-state index in [1.165, 1.54) is 13.8 Å². The summed E-state index contributed by atoms with van der Waals surface area (Å²) in [4.78, 5) is 12.5. The van der Waals surface area contributed by atoms with E-state index in [9.17, 15) is 13.2 Å². The van der Waals surface area contributed by atoms with Gasteiger partial charge in [0.25, 0.3) is 0 Å². The van der Waals surface area contributed by atoms with Gasteiger partial charge >= 0.3 is 0 Å². The van der Waals surface area contributed by atoms with E-state index < -0.39 is 25.7 Å². The predicted octanol–water partition coefficient (Wildman–Crippen LogP) is 3.05. The van der Waals surface area contributed by atoms with E-state index in [1.807, 2.05) is 20.8 Å². The summed E-state index contributed by atoms with van der Waals surface area (Å²) < 4.78 is 29.1. The molecule has 1 aliphatic rings. The van der Waals surface area contributed by atoms with Crippen molar-refractivity contribution in [1.82, 2.24) is 5.16 Å². The molecule has 0 radical (unpaired) electrons. The number of hydrogen-bond acceptors (Lipinski definition) is 5. The van der Waals surface area contributed by atoms with Crippen molar-refractivity contribution in [3.8, 4) is 0 Å². The fourth-order valence-electron chi connectivity index (χ4n) is 2.69. The van der Waals surface area contributed by atoms with Gasteiger partial charge in [0, 0.05) is 11.5 Å². The smallest absolute Gasteiger partial charge is 0.247 e. The lowest BCUT2D eigenvalue weighted by Crippen LogP contribution is -2.48. The molecule has 1 aromatic heterocycles. The number of nitrogens with one attached hydrogen (secondary N) is 1. The van der Waals surface area contributed by atoms with Crippen molar-refractivity contribution >= 4 is 21.6 Å². The lowest BCUT2D eigenvalue weighted by Gasteiger charge is -2.26. The molecule has 23 heavy (non-hydrogen) atoms. The van der Waals surface area contributed by atoms with Crippen LogP contribution < -0.4 is 5.32 Å². The monoisotopic (exact) mass is 342 g/mol. The predicted molar refractivity (Wildman–Crippen MR) is 89.1 cm³/mol. The third-order valence-corrected chi connectivity index (χ3v) is 7.47. The molecule has 1 heterocycles. The van der Waals surface area contributed by atoms with Crippen LogP contribution in [0.25, 0.3) is 0 Å². The molecule has 7 heteroatoms. The fraction of sp³-hybridized carbons (Fsp3) is 0.750. The molecular formula is C16H26N2O4S. The summed E-state index contributed by atoms with van der Waals surface area (Å²) in [6.07, 6.45) is 3.07. The van der Waals surface area contributed by atoms with E-state index in [0.717, 1.165) is 12.8 Å². The van der Waals surface area contributed by atoms with Gasteiger partial charge in [-0.3, -0.25) is 10.1 Å². The number of rotatable bonds is 4.